The lowest BCUT2D eigenvalue weighted by Gasteiger charge is -2.20. The summed E-state index contributed by atoms with van der Waals surface area (Å²) in [6.07, 6.45) is -2.78. The van der Waals surface area contributed by atoms with E-state index in [0.717, 1.165) is 19.4 Å². The largest absolute Gasteiger partial charge is 0.389 e. The SMILES string of the molecule is CC(CC(F)(F)F)C1CCCN1. The first-order valence-corrected chi connectivity index (χ1v) is 4.29. The Bertz CT molecular complexity index is 138. The third-order valence-corrected chi connectivity index (χ3v) is 2.34. The van der Waals surface area contributed by atoms with Gasteiger partial charge in [-0.3, -0.25) is 0 Å². The second-order valence-corrected chi connectivity index (χ2v) is 3.50. The molecule has 1 N–H and O–H groups in total. The fourth-order valence-corrected chi connectivity index (χ4v) is 1.70. The summed E-state index contributed by atoms with van der Waals surface area (Å²) in [5, 5.41) is 3.08. The van der Waals surface area contributed by atoms with E-state index < -0.39 is 12.6 Å². The first kappa shape index (κ1) is 9.84. The Balaban J connectivity index is 2.31. The number of nitrogens with one attached hydrogen (secondary N) is 1. The average Bonchev–Trinajstić information content (AvgIpc) is 2.32. The van der Waals surface area contributed by atoms with Crippen LogP contribution in [-0.4, -0.2) is 18.8 Å². The number of hydrogen-bond donors (Lipinski definition) is 1. The van der Waals surface area contributed by atoms with Crippen LogP contribution in [0.4, 0.5) is 13.2 Å². The Kier molecular flexibility index (Phi) is 2.99. The topological polar surface area (TPSA) is 12.0 Å². The van der Waals surface area contributed by atoms with Crippen LogP contribution in [-0.2, 0) is 0 Å². The predicted octanol–water partition coefficient (Wildman–Crippen LogP) is 2.33. The zero-order valence-electron chi connectivity index (χ0n) is 7.12. The van der Waals surface area contributed by atoms with Crippen LogP contribution in [0.2, 0.25) is 0 Å². The molecule has 12 heavy (non-hydrogen) atoms. The van der Waals surface area contributed by atoms with Crippen LogP contribution in [0.5, 0.6) is 0 Å². The van der Waals surface area contributed by atoms with E-state index in [0.29, 0.717) is 0 Å². The van der Waals surface area contributed by atoms with E-state index in [1.165, 1.54) is 0 Å². The number of rotatable bonds is 2. The van der Waals surface area contributed by atoms with E-state index in [9.17, 15) is 13.2 Å². The van der Waals surface area contributed by atoms with Gasteiger partial charge in [0.05, 0.1) is 0 Å². The third-order valence-electron chi connectivity index (χ3n) is 2.34. The summed E-state index contributed by atoms with van der Waals surface area (Å²) in [5.74, 6) is -0.285. The highest BCUT2D eigenvalue weighted by atomic mass is 19.4. The van der Waals surface area contributed by atoms with Gasteiger partial charge in [0.25, 0.3) is 0 Å². The fourth-order valence-electron chi connectivity index (χ4n) is 1.70. The second-order valence-electron chi connectivity index (χ2n) is 3.50. The van der Waals surface area contributed by atoms with Gasteiger partial charge in [0.2, 0.25) is 0 Å². The smallest absolute Gasteiger partial charge is 0.314 e. The van der Waals surface area contributed by atoms with Crippen LogP contribution in [0.25, 0.3) is 0 Å². The van der Waals surface area contributed by atoms with Crippen molar-refractivity contribution in [1.82, 2.24) is 5.32 Å². The Morgan fingerprint density at radius 3 is 2.58 bits per heavy atom. The minimum atomic E-state index is -4.01. The van der Waals surface area contributed by atoms with Crippen molar-refractivity contribution in [2.45, 2.75) is 38.4 Å². The molecule has 1 heterocycles. The van der Waals surface area contributed by atoms with Crippen LogP contribution >= 0.6 is 0 Å². The summed E-state index contributed by atoms with van der Waals surface area (Å²) >= 11 is 0. The van der Waals surface area contributed by atoms with Crippen molar-refractivity contribution in [2.24, 2.45) is 5.92 Å². The van der Waals surface area contributed by atoms with Crippen molar-refractivity contribution in [3.63, 3.8) is 0 Å². The van der Waals surface area contributed by atoms with Crippen LogP contribution in [0.1, 0.15) is 26.2 Å². The minimum Gasteiger partial charge on any atom is -0.314 e. The molecule has 0 radical (unpaired) electrons. The van der Waals surface area contributed by atoms with E-state index in [-0.39, 0.29) is 12.0 Å². The molecular weight excluding hydrogens is 167 g/mol. The van der Waals surface area contributed by atoms with E-state index in [1.54, 1.807) is 6.92 Å². The van der Waals surface area contributed by atoms with E-state index in [2.05, 4.69) is 5.32 Å². The molecule has 0 aromatic rings. The van der Waals surface area contributed by atoms with Gasteiger partial charge in [0, 0.05) is 12.5 Å². The van der Waals surface area contributed by atoms with Crippen molar-refractivity contribution < 1.29 is 13.2 Å². The molecule has 1 nitrogen and oxygen atoms in total. The molecule has 0 aromatic heterocycles. The molecule has 0 bridgehead atoms. The Labute approximate surface area is 70.3 Å². The summed E-state index contributed by atoms with van der Waals surface area (Å²) in [6.45, 7) is 2.53. The lowest BCUT2D eigenvalue weighted by molar-refractivity contribution is -0.144. The summed E-state index contributed by atoms with van der Waals surface area (Å²) in [5.41, 5.74) is 0. The van der Waals surface area contributed by atoms with Gasteiger partial charge in [-0.05, 0) is 25.3 Å². The normalized spacial score (nSPS) is 27.5. The van der Waals surface area contributed by atoms with E-state index in [1.807, 2.05) is 0 Å². The van der Waals surface area contributed by atoms with Gasteiger partial charge < -0.3 is 5.32 Å². The molecule has 1 saturated heterocycles. The molecule has 1 rings (SSSR count). The van der Waals surface area contributed by atoms with Gasteiger partial charge >= 0.3 is 6.18 Å². The number of halogens is 3. The highest BCUT2D eigenvalue weighted by Crippen LogP contribution is 2.28. The molecule has 1 aliphatic heterocycles. The van der Waals surface area contributed by atoms with Crippen molar-refractivity contribution in [1.29, 1.82) is 0 Å². The zero-order valence-corrected chi connectivity index (χ0v) is 7.12. The first-order valence-electron chi connectivity index (χ1n) is 4.29. The predicted molar refractivity (Wildman–Crippen MR) is 40.9 cm³/mol. The Morgan fingerprint density at radius 2 is 2.17 bits per heavy atom. The van der Waals surface area contributed by atoms with Crippen molar-refractivity contribution in [3.05, 3.63) is 0 Å². The number of hydrogen-bond acceptors (Lipinski definition) is 1. The summed E-state index contributed by atoms with van der Waals surface area (Å²) in [7, 11) is 0. The summed E-state index contributed by atoms with van der Waals surface area (Å²) in [6, 6.07) is 0.0756. The van der Waals surface area contributed by atoms with Gasteiger partial charge in [-0.1, -0.05) is 6.92 Å². The zero-order chi connectivity index (χ0) is 9.19. The molecule has 4 heteroatoms. The molecule has 2 atom stereocenters. The molecule has 1 aliphatic rings. The molecule has 0 spiro atoms. The third kappa shape index (κ3) is 3.01. The van der Waals surface area contributed by atoms with Gasteiger partial charge in [-0.15, -0.1) is 0 Å². The van der Waals surface area contributed by atoms with E-state index in [4.69, 9.17) is 0 Å². The Morgan fingerprint density at radius 1 is 1.50 bits per heavy atom. The maximum atomic E-state index is 11.9. The molecule has 1 fully saturated rings. The van der Waals surface area contributed by atoms with Gasteiger partial charge in [0.15, 0.2) is 0 Å². The van der Waals surface area contributed by atoms with Crippen LogP contribution in [0, 0.1) is 5.92 Å². The molecule has 0 amide bonds. The molecule has 0 saturated carbocycles. The van der Waals surface area contributed by atoms with Gasteiger partial charge in [0.1, 0.15) is 0 Å². The number of alkyl halides is 3. The molecule has 72 valence electrons. The average molecular weight is 181 g/mol. The quantitative estimate of drug-likeness (QED) is 0.689. The van der Waals surface area contributed by atoms with Crippen molar-refractivity contribution in [3.8, 4) is 0 Å². The van der Waals surface area contributed by atoms with Gasteiger partial charge in [-0.2, -0.15) is 13.2 Å². The maximum Gasteiger partial charge on any atom is 0.389 e. The lowest BCUT2D eigenvalue weighted by atomic mass is 9.97. The standard InChI is InChI=1S/C8H14F3N/c1-6(5-8(9,10)11)7-3-2-4-12-7/h6-7,12H,2-5H2,1H3. The Hall–Kier alpha value is -0.250. The molecule has 0 aliphatic carbocycles. The van der Waals surface area contributed by atoms with Crippen molar-refractivity contribution in [2.75, 3.05) is 6.54 Å². The second kappa shape index (κ2) is 3.64. The highest BCUT2D eigenvalue weighted by Gasteiger charge is 2.33. The summed E-state index contributed by atoms with van der Waals surface area (Å²) in [4.78, 5) is 0. The lowest BCUT2D eigenvalue weighted by Crippen LogP contribution is -2.31. The van der Waals surface area contributed by atoms with Crippen LogP contribution in [0.3, 0.4) is 0 Å². The minimum absolute atomic E-state index is 0.0756. The molecule has 2 unspecified atom stereocenters. The maximum absolute atomic E-state index is 11.9. The van der Waals surface area contributed by atoms with Crippen LogP contribution < -0.4 is 5.32 Å². The fraction of sp³-hybridized carbons (Fsp3) is 1.00. The monoisotopic (exact) mass is 181 g/mol. The molecule has 0 aromatic carbocycles. The van der Waals surface area contributed by atoms with E-state index >= 15 is 0 Å². The van der Waals surface area contributed by atoms with Crippen LogP contribution in [0.15, 0.2) is 0 Å². The summed E-state index contributed by atoms with van der Waals surface area (Å²) < 4.78 is 35.8. The van der Waals surface area contributed by atoms with Gasteiger partial charge in [-0.25, -0.2) is 0 Å². The molecular formula is C8H14F3N. The highest BCUT2D eigenvalue weighted by molar-refractivity contribution is 4.80. The first-order chi connectivity index (χ1) is 5.49. The van der Waals surface area contributed by atoms with Crippen molar-refractivity contribution >= 4 is 0 Å².